The molecule has 0 fully saturated rings. The first-order valence-electron chi connectivity index (χ1n) is 11.1. The van der Waals surface area contributed by atoms with Crippen molar-refractivity contribution in [3.63, 3.8) is 0 Å². The van der Waals surface area contributed by atoms with Gasteiger partial charge < -0.3 is 11.1 Å². The first-order valence-corrected chi connectivity index (χ1v) is 11.9. The lowest BCUT2D eigenvalue weighted by Gasteiger charge is -2.18. The maximum Gasteiger partial charge on any atom is 0.257 e. The molecule has 2 aromatic heterocycles. The van der Waals surface area contributed by atoms with Crippen LogP contribution in [0.1, 0.15) is 50.1 Å². The van der Waals surface area contributed by atoms with E-state index in [1.54, 1.807) is 0 Å². The van der Waals surface area contributed by atoms with Crippen LogP contribution in [0.3, 0.4) is 0 Å². The van der Waals surface area contributed by atoms with E-state index in [9.17, 15) is 9.59 Å². The molecule has 6 heteroatoms. The zero-order chi connectivity index (χ0) is 23.1. The number of hydrogen-bond acceptors (Lipinski definition) is 4. The van der Waals surface area contributed by atoms with E-state index in [2.05, 4.69) is 12.2 Å². The van der Waals surface area contributed by atoms with E-state index in [0.29, 0.717) is 22.0 Å². The number of pyridine rings is 1. The molecule has 5 nitrogen and oxygen atoms in total. The fourth-order valence-corrected chi connectivity index (χ4v) is 5.92. The minimum Gasteiger partial charge on any atom is -0.365 e. The molecule has 2 aromatic carbocycles. The summed E-state index contributed by atoms with van der Waals surface area (Å²) in [4.78, 5) is 31.8. The molecule has 1 aliphatic carbocycles. The highest BCUT2D eigenvalue weighted by Crippen LogP contribution is 2.40. The second-order valence-electron chi connectivity index (χ2n) is 8.81. The third-order valence-corrected chi connectivity index (χ3v) is 7.46. The van der Waals surface area contributed by atoms with Crippen molar-refractivity contribution in [2.24, 2.45) is 11.7 Å². The number of nitrogens with two attached hydrogens (primary N) is 1. The number of anilines is 1. The van der Waals surface area contributed by atoms with Crippen LogP contribution >= 0.6 is 11.3 Å². The quantitative estimate of drug-likeness (QED) is 0.411. The number of carbonyl (C=O) groups excluding carboxylic acids is 2. The van der Waals surface area contributed by atoms with Crippen molar-refractivity contribution in [3.05, 3.63) is 81.7 Å². The van der Waals surface area contributed by atoms with Crippen LogP contribution in [0, 0.1) is 12.8 Å². The minimum absolute atomic E-state index is 0.267. The summed E-state index contributed by atoms with van der Waals surface area (Å²) in [7, 11) is 0. The van der Waals surface area contributed by atoms with Crippen LogP contribution < -0.4 is 11.1 Å². The Morgan fingerprint density at radius 1 is 1.12 bits per heavy atom. The van der Waals surface area contributed by atoms with Gasteiger partial charge in [-0.05, 0) is 49.8 Å². The number of benzene rings is 2. The normalized spacial score (nSPS) is 15.3. The summed E-state index contributed by atoms with van der Waals surface area (Å²) in [6.07, 6.45) is 2.75. The van der Waals surface area contributed by atoms with Crippen LogP contribution in [-0.4, -0.2) is 16.8 Å². The monoisotopic (exact) mass is 455 g/mol. The number of primary amides is 1. The number of amides is 2. The summed E-state index contributed by atoms with van der Waals surface area (Å²) in [5, 5.41) is 4.32. The molecule has 0 spiro atoms. The average molecular weight is 456 g/mol. The van der Waals surface area contributed by atoms with Gasteiger partial charge in [-0.1, -0.05) is 55.0 Å². The van der Waals surface area contributed by atoms with Gasteiger partial charge in [0.25, 0.3) is 11.8 Å². The Balaban J connectivity index is 1.58. The predicted octanol–water partition coefficient (Wildman–Crippen LogP) is 5.75. The van der Waals surface area contributed by atoms with Crippen molar-refractivity contribution in [3.8, 4) is 11.3 Å². The molecule has 1 aliphatic rings. The number of nitrogens with one attached hydrogen (secondary N) is 1. The molecule has 0 aliphatic heterocycles. The maximum absolute atomic E-state index is 13.5. The molecule has 0 unspecified atom stereocenters. The lowest BCUT2D eigenvalue weighted by atomic mass is 9.88. The van der Waals surface area contributed by atoms with Gasteiger partial charge in [-0.25, -0.2) is 4.98 Å². The second kappa shape index (κ2) is 8.45. The highest BCUT2D eigenvalue weighted by atomic mass is 32.1. The van der Waals surface area contributed by atoms with Gasteiger partial charge in [-0.3, -0.25) is 9.59 Å². The fraction of sp³-hybridized carbons (Fsp3) is 0.222. The number of para-hydroxylation sites is 1. The SMILES string of the molecule is Cc1ccc(-c2cc(C(=O)Nc3sc4c(c3C(N)=O)CC[C@H](C)C4)c3ccccc3n2)cc1. The zero-order valence-corrected chi connectivity index (χ0v) is 19.5. The Kier molecular flexibility index (Phi) is 5.46. The lowest BCUT2D eigenvalue weighted by Crippen LogP contribution is -2.19. The Morgan fingerprint density at radius 2 is 1.88 bits per heavy atom. The molecular formula is C27H25N3O2S. The van der Waals surface area contributed by atoms with Crippen molar-refractivity contribution < 1.29 is 9.59 Å². The van der Waals surface area contributed by atoms with Crippen LogP contribution in [-0.2, 0) is 12.8 Å². The van der Waals surface area contributed by atoms with Crippen LogP contribution in [0.5, 0.6) is 0 Å². The largest absolute Gasteiger partial charge is 0.365 e. The number of aromatic nitrogens is 1. The Bertz CT molecular complexity index is 1390. The second-order valence-corrected chi connectivity index (χ2v) is 9.92. The van der Waals surface area contributed by atoms with Gasteiger partial charge in [0.2, 0.25) is 0 Å². The standard InChI is InChI=1S/C27H25N3O2S/c1-15-7-10-17(11-8-15)22-14-20(18-5-3-4-6-21(18)29-22)26(32)30-27-24(25(28)31)19-12-9-16(2)13-23(19)33-27/h3-8,10-11,14,16H,9,12-13H2,1-2H3,(H2,28,31)(H,30,32)/t16-/m0/s1. The third kappa shape index (κ3) is 4.02. The number of aryl methyl sites for hydroxylation is 1. The number of nitrogens with zero attached hydrogens (tertiary/aromatic N) is 1. The van der Waals surface area contributed by atoms with Crippen molar-refractivity contribution in [1.82, 2.24) is 4.98 Å². The van der Waals surface area contributed by atoms with Gasteiger partial charge in [0.15, 0.2) is 0 Å². The molecular weight excluding hydrogens is 430 g/mol. The van der Waals surface area contributed by atoms with Crippen LogP contribution in [0.2, 0.25) is 0 Å². The molecule has 166 valence electrons. The van der Waals surface area contributed by atoms with E-state index in [-0.39, 0.29) is 5.91 Å². The van der Waals surface area contributed by atoms with E-state index in [1.807, 2.05) is 61.5 Å². The van der Waals surface area contributed by atoms with Crippen molar-refractivity contribution >= 4 is 39.1 Å². The fourth-order valence-electron chi connectivity index (χ4n) is 4.51. The zero-order valence-electron chi connectivity index (χ0n) is 18.6. The minimum atomic E-state index is -0.489. The van der Waals surface area contributed by atoms with Gasteiger partial charge in [0.05, 0.1) is 22.3 Å². The highest BCUT2D eigenvalue weighted by Gasteiger charge is 2.27. The summed E-state index contributed by atoms with van der Waals surface area (Å²) >= 11 is 1.48. The van der Waals surface area contributed by atoms with Gasteiger partial charge in [-0.15, -0.1) is 11.3 Å². The number of rotatable bonds is 4. The van der Waals surface area contributed by atoms with Gasteiger partial charge >= 0.3 is 0 Å². The molecule has 0 saturated heterocycles. The number of fused-ring (bicyclic) bond motifs is 2. The maximum atomic E-state index is 13.5. The van der Waals surface area contributed by atoms with Gasteiger partial charge in [-0.2, -0.15) is 0 Å². The number of thiophene rings is 1. The molecule has 0 radical (unpaired) electrons. The van der Waals surface area contributed by atoms with Crippen molar-refractivity contribution in [2.75, 3.05) is 5.32 Å². The number of hydrogen-bond donors (Lipinski definition) is 2. The van der Waals surface area contributed by atoms with E-state index >= 15 is 0 Å². The highest BCUT2D eigenvalue weighted by molar-refractivity contribution is 7.17. The Labute approximate surface area is 196 Å². The van der Waals surface area contributed by atoms with Gasteiger partial charge in [0.1, 0.15) is 5.00 Å². The predicted molar refractivity (Wildman–Crippen MR) is 134 cm³/mol. The summed E-state index contributed by atoms with van der Waals surface area (Å²) in [5.41, 5.74) is 11.3. The molecule has 33 heavy (non-hydrogen) atoms. The topological polar surface area (TPSA) is 85.1 Å². The average Bonchev–Trinajstić information content (AvgIpc) is 3.15. The molecule has 3 N–H and O–H groups in total. The molecule has 1 atom stereocenters. The third-order valence-electron chi connectivity index (χ3n) is 6.29. The van der Waals surface area contributed by atoms with Crippen LogP contribution in [0.4, 0.5) is 5.00 Å². The smallest absolute Gasteiger partial charge is 0.257 e. The van der Waals surface area contributed by atoms with Crippen molar-refractivity contribution in [2.45, 2.75) is 33.1 Å². The van der Waals surface area contributed by atoms with E-state index in [4.69, 9.17) is 10.7 Å². The molecule has 0 bridgehead atoms. The molecule has 5 rings (SSSR count). The number of carbonyl (C=O) groups is 2. The van der Waals surface area contributed by atoms with E-state index in [0.717, 1.165) is 57.4 Å². The van der Waals surface area contributed by atoms with Crippen molar-refractivity contribution in [1.29, 1.82) is 0 Å². The molecule has 4 aromatic rings. The molecule has 2 heterocycles. The van der Waals surface area contributed by atoms with E-state index < -0.39 is 5.91 Å². The molecule has 2 amide bonds. The Morgan fingerprint density at radius 3 is 2.64 bits per heavy atom. The van der Waals surface area contributed by atoms with Gasteiger partial charge in [0, 0.05) is 15.8 Å². The summed E-state index contributed by atoms with van der Waals surface area (Å²) in [5.74, 6) is -0.199. The first-order chi connectivity index (χ1) is 15.9. The van der Waals surface area contributed by atoms with Crippen LogP contribution in [0.15, 0.2) is 54.6 Å². The summed E-state index contributed by atoms with van der Waals surface area (Å²) in [6, 6.07) is 17.5. The van der Waals surface area contributed by atoms with Crippen LogP contribution in [0.25, 0.3) is 22.2 Å². The first kappa shape index (κ1) is 21.3. The lowest BCUT2D eigenvalue weighted by molar-refractivity contribution is 0.1000. The summed E-state index contributed by atoms with van der Waals surface area (Å²) < 4.78 is 0. The summed E-state index contributed by atoms with van der Waals surface area (Å²) in [6.45, 7) is 4.24. The van der Waals surface area contributed by atoms with E-state index in [1.165, 1.54) is 11.3 Å². The molecule has 0 saturated carbocycles. The Hall–Kier alpha value is -3.51.